The van der Waals surface area contributed by atoms with Crippen LogP contribution < -0.4 is 10.5 Å². The molecule has 2 N–H and O–H groups in total. The first-order valence-corrected chi connectivity index (χ1v) is 6.14. The first-order valence-electron chi connectivity index (χ1n) is 5.74. The molecular formula is C13H14N4OS. The Morgan fingerprint density at radius 2 is 1.95 bits per heavy atom. The lowest BCUT2D eigenvalue weighted by molar-refractivity contribution is 0.446. The number of nitrogens with zero attached hydrogens (tertiary/aromatic N) is 3. The summed E-state index contributed by atoms with van der Waals surface area (Å²) in [5.74, 6) is 0.921. The van der Waals surface area contributed by atoms with Crippen LogP contribution in [0, 0.1) is 20.8 Å². The van der Waals surface area contributed by atoms with E-state index in [4.69, 9.17) is 22.7 Å². The number of hydrogen-bond donors (Lipinski definition) is 1. The van der Waals surface area contributed by atoms with Crippen molar-refractivity contribution in [2.75, 3.05) is 0 Å². The van der Waals surface area contributed by atoms with E-state index < -0.39 is 0 Å². The van der Waals surface area contributed by atoms with Gasteiger partial charge in [0.15, 0.2) is 5.75 Å². The molecule has 0 spiro atoms. The van der Waals surface area contributed by atoms with Crippen LogP contribution in [-0.2, 0) is 0 Å². The molecule has 2 rings (SSSR count). The largest absolute Gasteiger partial charge is 0.435 e. The lowest BCUT2D eigenvalue weighted by atomic mass is 10.1. The van der Waals surface area contributed by atoms with Gasteiger partial charge in [-0.15, -0.1) is 5.10 Å². The normalized spacial score (nSPS) is 10.3. The van der Waals surface area contributed by atoms with Crippen LogP contribution >= 0.6 is 12.2 Å². The quantitative estimate of drug-likeness (QED) is 0.865. The molecule has 0 saturated carbocycles. The van der Waals surface area contributed by atoms with Gasteiger partial charge in [-0.2, -0.15) is 5.10 Å². The molecule has 0 saturated heterocycles. The minimum Gasteiger partial charge on any atom is -0.435 e. The van der Waals surface area contributed by atoms with Crippen LogP contribution in [0.15, 0.2) is 18.3 Å². The van der Waals surface area contributed by atoms with Crippen molar-refractivity contribution in [2.24, 2.45) is 5.73 Å². The van der Waals surface area contributed by atoms with Gasteiger partial charge in [0.2, 0.25) is 5.88 Å². The highest BCUT2D eigenvalue weighted by Crippen LogP contribution is 2.27. The number of rotatable bonds is 3. The topological polar surface area (TPSA) is 73.9 Å². The summed E-state index contributed by atoms with van der Waals surface area (Å²) < 4.78 is 5.73. The lowest BCUT2D eigenvalue weighted by Crippen LogP contribution is -2.15. The van der Waals surface area contributed by atoms with Gasteiger partial charge in [0.05, 0.1) is 17.0 Å². The Kier molecular flexibility index (Phi) is 3.71. The van der Waals surface area contributed by atoms with Gasteiger partial charge in [-0.25, -0.2) is 0 Å². The fraction of sp³-hybridized carbons (Fsp3) is 0.231. The molecule has 0 unspecified atom stereocenters. The van der Waals surface area contributed by atoms with Crippen LogP contribution in [0.25, 0.3) is 0 Å². The van der Waals surface area contributed by atoms with Gasteiger partial charge in [0, 0.05) is 6.20 Å². The summed E-state index contributed by atoms with van der Waals surface area (Å²) in [6.07, 6.45) is 1.70. The Morgan fingerprint density at radius 1 is 1.21 bits per heavy atom. The summed E-state index contributed by atoms with van der Waals surface area (Å²) in [5.41, 5.74) is 8.77. The molecule has 2 aromatic rings. The zero-order chi connectivity index (χ0) is 14.0. The average molecular weight is 274 g/mol. The zero-order valence-corrected chi connectivity index (χ0v) is 11.8. The third kappa shape index (κ3) is 2.68. The Hall–Kier alpha value is -2.08. The molecule has 0 aliphatic rings. The van der Waals surface area contributed by atoms with Crippen molar-refractivity contribution in [3.8, 4) is 11.6 Å². The van der Waals surface area contributed by atoms with E-state index in [1.807, 2.05) is 26.8 Å². The van der Waals surface area contributed by atoms with E-state index in [0.717, 1.165) is 17.0 Å². The predicted molar refractivity (Wildman–Crippen MR) is 76.4 cm³/mol. The van der Waals surface area contributed by atoms with E-state index in [1.165, 1.54) is 0 Å². The molecule has 0 bridgehead atoms. The monoisotopic (exact) mass is 274 g/mol. The van der Waals surface area contributed by atoms with Crippen LogP contribution in [0.5, 0.6) is 11.6 Å². The Labute approximate surface area is 116 Å². The molecule has 98 valence electrons. The summed E-state index contributed by atoms with van der Waals surface area (Å²) in [4.78, 5) is 4.40. The summed E-state index contributed by atoms with van der Waals surface area (Å²) in [6.45, 7) is 5.59. The summed E-state index contributed by atoms with van der Waals surface area (Å²) in [5, 5.41) is 8.07. The number of thiocarbonyl (C=S) groups is 1. The minimum atomic E-state index is 0.243. The molecule has 0 aliphatic carbocycles. The lowest BCUT2D eigenvalue weighted by Gasteiger charge is -2.12. The smallest absolute Gasteiger partial charge is 0.249 e. The summed E-state index contributed by atoms with van der Waals surface area (Å²) >= 11 is 5.06. The maximum absolute atomic E-state index is 5.74. The number of hydrogen-bond acceptors (Lipinski definition) is 5. The fourth-order valence-electron chi connectivity index (χ4n) is 1.63. The summed E-state index contributed by atoms with van der Waals surface area (Å²) in [6, 6.07) is 3.60. The molecule has 2 heterocycles. The van der Waals surface area contributed by atoms with Crippen LogP contribution in [0.4, 0.5) is 0 Å². The van der Waals surface area contributed by atoms with Crippen LogP contribution in [0.3, 0.4) is 0 Å². The van der Waals surface area contributed by atoms with Crippen molar-refractivity contribution >= 4 is 17.2 Å². The maximum atomic E-state index is 5.74. The predicted octanol–water partition coefficient (Wildman–Crippen LogP) is 2.22. The van der Waals surface area contributed by atoms with E-state index in [9.17, 15) is 0 Å². The van der Waals surface area contributed by atoms with Crippen LogP contribution in [0.2, 0.25) is 0 Å². The average Bonchev–Trinajstić information content (AvgIpc) is 2.36. The first kappa shape index (κ1) is 13.4. The molecule has 6 heteroatoms. The van der Waals surface area contributed by atoms with E-state index in [0.29, 0.717) is 17.2 Å². The minimum absolute atomic E-state index is 0.243. The number of aromatic nitrogens is 3. The van der Waals surface area contributed by atoms with Gasteiger partial charge in [-0.3, -0.25) is 4.98 Å². The van der Waals surface area contributed by atoms with E-state index in [-0.39, 0.29) is 4.99 Å². The molecule has 19 heavy (non-hydrogen) atoms. The van der Waals surface area contributed by atoms with Crippen LogP contribution in [-0.4, -0.2) is 20.2 Å². The molecule has 0 radical (unpaired) electrons. The molecule has 0 fully saturated rings. The van der Waals surface area contributed by atoms with Gasteiger partial charge < -0.3 is 10.5 Å². The molecule has 0 aliphatic heterocycles. The Morgan fingerprint density at radius 3 is 2.58 bits per heavy atom. The second kappa shape index (κ2) is 5.27. The van der Waals surface area contributed by atoms with Crippen molar-refractivity contribution < 1.29 is 4.74 Å². The third-order valence-corrected chi connectivity index (χ3v) is 3.04. The van der Waals surface area contributed by atoms with Crippen molar-refractivity contribution in [1.82, 2.24) is 15.2 Å². The summed E-state index contributed by atoms with van der Waals surface area (Å²) in [7, 11) is 0. The molecule has 2 aromatic heterocycles. The highest BCUT2D eigenvalue weighted by Gasteiger charge is 2.16. The fourth-order valence-corrected chi connectivity index (χ4v) is 1.87. The van der Waals surface area contributed by atoms with E-state index in [2.05, 4.69) is 15.2 Å². The van der Waals surface area contributed by atoms with Crippen molar-refractivity contribution in [2.45, 2.75) is 20.8 Å². The highest BCUT2D eigenvalue weighted by molar-refractivity contribution is 7.80. The van der Waals surface area contributed by atoms with E-state index >= 15 is 0 Å². The van der Waals surface area contributed by atoms with Gasteiger partial charge in [0.25, 0.3) is 0 Å². The van der Waals surface area contributed by atoms with Crippen molar-refractivity contribution in [3.05, 3.63) is 40.8 Å². The molecule has 5 nitrogen and oxygen atoms in total. The van der Waals surface area contributed by atoms with E-state index in [1.54, 1.807) is 12.3 Å². The Bertz CT molecular complexity index is 643. The molecule has 0 aromatic carbocycles. The zero-order valence-electron chi connectivity index (χ0n) is 11.0. The SMILES string of the molecule is Cc1ncccc1Oc1nnc(C)c(C)c1C(N)=S. The third-order valence-electron chi connectivity index (χ3n) is 2.83. The number of nitrogens with two attached hydrogens (primary N) is 1. The molecule has 0 atom stereocenters. The highest BCUT2D eigenvalue weighted by atomic mass is 32.1. The van der Waals surface area contributed by atoms with Crippen molar-refractivity contribution in [1.29, 1.82) is 0 Å². The van der Waals surface area contributed by atoms with Gasteiger partial charge in [-0.1, -0.05) is 12.2 Å². The van der Waals surface area contributed by atoms with Crippen molar-refractivity contribution in [3.63, 3.8) is 0 Å². The standard InChI is InChI=1S/C13H14N4OS/c1-7-8(2)16-17-13(11(7)12(14)19)18-10-5-4-6-15-9(10)3/h4-6H,1-3H3,(H2,14,19). The number of pyridine rings is 1. The first-order chi connectivity index (χ1) is 9.00. The van der Waals surface area contributed by atoms with Gasteiger partial charge >= 0.3 is 0 Å². The molecular weight excluding hydrogens is 260 g/mol. The Balaban J connectivity index is 2.49. The number of aryl methyl sites for hydroxylation is 2. The van der Waals surface area contributed by atoms with Gasteiger partial charge in [0.1, 0.15) is 4.99 Å². The van der Waals surface area contributed by atoms with Crippen LogP contribution in [0.1, 0.15) is 22.5 Å². The van der Waals surface area contributed by atoms with Gasteiger partial charge in [-0.05, 0) is 38.5 Å². The maximum Gasteiger partial charge on any atom is 0.249 e. The molecule has 0 amide bonds. The second-order valence-electron chi connectivity index (χ2n) is 4.14. The number of ether oxygens (including phenoxy) is 1. The second-order valence-corrected chi connectivity index (χ2v) is 4.58.